The van der Waals surface area contributed by atoms with Crippen molar-refractivity contribution >= 4 is 15.9 Å². The second-order valence-electron chi connectivity index (χ2n) is 6.40. The number of nitrogens with zero attached hydrogens (tertiary/aromatic N) is 1. The summed E-state index contributed by atoms with van der Waals surface area (Å²) in [6, 6.07) is 12.0. The quantitative estimate of drug-likeness (QED) is 0.872. The first-order valence-electron chi connectivity index (χ1n) is 8.49. The first kappa shape index (κ1) is 18.5. The van der Waals surface area contributed by atoms with E-state index in [1.54, 1.807) is 42.5 Å². The molecule has 138 valence electrons. The summed E-state index contributed by atoms with van der Waals surface area (Å²) < 4.78 is 40.7. The number of hydrogen-bond acceptors (Lipinski definition) is 3. The zero-order chi connectivity index (χ0) is 18.7. The van der Waals surface area contributed by atoms with E-state index in [1.807, 2.05) is 6.92 Å². The number of hydrogen-bond donors (Lipinski definition) is 1. The molecule has 1 heterocycles. The lowest BCUT2D eigenvalue weighted by Gasteiger charge is -2.23. The van der Waals surface area contributed by atoms with E-state index in [0.717, 1.165) is 5.56 Å². The Labute approximate surface area is 152 Å². The summed E-state index contributed by atoms with van der Waals surface area (Å²) in [7, 11) is -3.74. The Balaban J connectivity index is 1.74. The van der Waals surface area contributed by atoms with Gasteiger partial charge in [0.25, 0.3) is 0 Å². The third kappa shape index (κ3) is 3.78. The molecule has 2 aromatic rings. The van der Waals surface area contributed by atoms with E-state index in [-0.39, 0.29) is 11.4 Å². The Bertz CT molecular complexity index is 897. The number of halogens is 1. The van der Waals surface area contributed by atoms with E-state index in [1.165, 1.54) is 10.4 Å². The van der Waals surface area contributed by atoms with E-state index in [4.69, 9.17) is 0 Å². The molecular formula is C19H21FN2O3S. The summed E-state index contributed by atoms with van der Waals surface area (Å²) in [5, 5.41) is 2.66. The molecule has 1 fully saturated rings. The summed E-state index contributed by atoms with van der Waals surface area (Å²) in [4.78, 5) is 12.7. The minimum atomic E-state index is -3.74. The van der Waals surface area contributed by atoms with Crippen LogP contribution in [-0.4, -0.2) is 31.2 Å². The summed E-state index contributed by atoms with van der Waals surface area (Å²) in [6.45, 7) is 2.21. The van der Waals surface area contributed by atoms with Gasteiger partial charge in [-0.15, -0.1) is 0 Å². The van der Waals surface area contributed by atoms with Gasteiger partial charge in [0.2, 0.25) is 15.9 Å². The molecule has 7 heteroatoms. The molecule has 2 aromatic carbocycles. The van der Waals surface area contributed by atoms with Gasteiger partial charge in [0.15, 0.2) is 0 Å². The largest absolute Gasteiger partial charge is 0.351 e. The van der Waals surface area contributed by atoms with Crippen LogP contribution in [0.25, 0.3) is 0 Å². The second kappa shape index (κ2) is 7.55. The van der Waals surface area contributed by atoms with Gasteiger partial charge in [0.05, 0.1) is 4.90 Å². The highest BCUT2D eigenvalue weighted by atomic mass is 32.2. The van der Waals surface area contributed by atoms with E-state index in [0.29, 0.717) is 24.9 Å². The lowest BCUT2D eigenvalue weighted by molar-refractivity contribution is -0.124. The molecule has 26 heavy (non-hydrogen) atoms. The first-order valence-corrected chi connectivity index (χ1v) is 9.93. The number of amides is 1. The van der Waals surface area contributed by atoms with E-state index in [9.17, 15) is 17.6 Å². The molecule has 1 saturated heterocycles. The van der Waals surface area contributed by atoms with Crippen molar-refractivity contribution in [1.29, 1.82) is 0 Å². The minimum Gasteiger partial charge on any atom is -0.351 e. The molecule has 0 saturated carbocycles. The molecule has 5 nitrogen and oxygen atoms in total. The van der Waals surface area contributed by atoms with Gasteiger partial charge >= 0.3 is 0 Å². The molecule has 0 aliphatic carbocycles. The fourth-order valence-corrected chi connectivity index (χ4v) is 4.73. The maximum Gasteiger partial charge on any atom is 0.243 e. The number of carbonyl (C=O) groups excluding carboxylic acids is 1. The molecule has 0 bridgehead atoms. The number of nitrogens with one attached hydrogen (secondary N) is 1. The van der Waals surface area contributed by atoms with Gasteiger partial charge in [-0.1, -0.05) is 35.9 Å². The highest BCUT2D eigenvalue weighted by molar-refractivity contribution is 7.89. The Morgan fingerprint density at radius 2 is 1.88 bits per heavy atom. The fourth-order valence-electron chi connectivity index (χ4n) is 3.08. The van der Waals surface area contributed by atoms with Crippen LogP contribution < -0.4 is 5.32 Å². The van der Waals surface area contributed by atoms with Crippen molar-refractivity contribution in [3.05, 3.63) is 65.5 Å². The molecule has 1 aliphatic rings. The molecule has 1 N–H and O–H groups in total. The minimum absolute atomic E-state index is 0.0282. The van der Waals surface area contributed by atoms with Gasteiger partial charge < -0.3 is 5.32 Å². The number of sulfonamides is 1. The van der Waals surface area contributed by atoms with Crippen molar-refractivity contribution in [2.24, 2.45) is 0 Å². The van der Waals surface area contributed by atoms with Crippen LogP contribution in [0.1, 0.15) is 24.0 Å². The van der Waals surface area contributed by atoms with E-state index >= 15 is 0 Å². The third-order valence-electron chi connectivity index (χ3n) is 4.54. The monoisotopic (exact) mass is 376 g/mol. The predicted molar refractivity (Wildman–Crippen MR) is 96.3 cm³/mol. The Morgan fingerprint density at radius 3 is 2.58 bits per heavy atom. The molecule has 1 atom stereocenters. The molecule has 0 aromatic heterocycles. The van der Waals surface area contributed by atoms with Crippen molar-refractivity contribution in [1.82, 2.24) is 9.62 Å². The van der Waals surface area contributed by atoms with Gasteiger partial charge in [-0.2, -0.15) is 4.31 Å². The summed E-state index contributed by atoms with van der Waals surface area (Å²) in [5.41, 5.74) is 1.33. The van der Waals surface area contributed by atoms with Gasteiger partial charge in [0, 0.05) is 18.7 Å². The van der Waals surface area contributed by atoms with Crippen LogP contribution in [0.2, 0.25) is 0 Å². The molecule has 1 amide bonds. The number of carbonyl (C=O) groups is 1. The van der Waals surface area contributed by atoms with Crippen molar-refractivity contribution in [3.8, 4) is 0 Å². The van der Waals surface area contributed by atoms with Gasteiger partial charge in [0.1, 0.15) is 11.9 Å². The van der Waals surface area contributed by atoms with Crippen molar-refractivity contribution in [3.63, 3.8) is 0 Å². The normalized spacial score (nSPS) is 18.0. The lowest BCUT2D eigenvalue weighted by Crippen LogP contribution is -2.45. The van der Waals surface area contributed by atoms with Gasteiger partial charge in [-0.3, -0.25) is 4.79 Å². The summed E-state index contributed by atoms with van der Waals surface area (Å²) >= 11 is 0. The highest BCUT2D eigenvalue weighted by Gasteiger charge is 2.39. The van der Waals surface area contributed by atoms with Crippen molar-refractivity contribution in [2.45, 2.75) is 37.2 Å². The van der Waals surface area contributed by atoms with Crippen LogP contribution >= 0.6 is 0 Å². The van der Waals surface area contributed by atoms with Crippen LogP contribution in [0.4, 0.5) is 4.39 Å². The van der Waals surface area contributed by atoms with Crippen LogP contribution in [0.3, 0.4) is 0 Å². The lowest BCUT2D eigenvalue weighted by atomic mass is 10.2. The molecule has 0 spiro atoms. The molecule has 1 aliphatic heterocycles. The molecule has 3 rings (SSSR count). The molecular weight excluding hydrogens is 355 g/mol. The Hall–Kier alpha value is -2.25. The molecule has 0 unspecified atom stereocenters. The van der Waals surface area contributed by atoms with Crippen molar-refractivity contribution < 1.29 is 17.6 Å². The third-order valence-corrected chi connectivity index (χ3v) is 6.47. The SMILES string of the molecule is Cc1ccc(S(=O)(=O)N2CCC[C@@H]2C(=O)NCc2ccccc2F)cc1. The second-order valence-corrected chi connectivity index (χ2v) is 8.29. The number of rotatable bonds is 5. The number of aryl methyl sites for hydroxylation is 1. The van der Waals surface area contributed by atoms with Crippen LogP contribution in [0.5, 0.6) is 0 Å². The van der Waals surface area contributed by atoms with Crippen LogP contribution in [0, 0.1) is 12.7 Å². The maximum absolute atomic E-state index is 13.7. The Kier molecular flexibility index (Phi) is 5.38. The summed E-state index contributed by atoms with van der Waals surface area (Å²) in [6.07, 6.45) is 1.07. The Morgan fingerprint density at radius 1 is 1.19 bits per heavy atom. The zero-order valence-corrected chi connectivity index (χ0v) is 15.3. The topological polar surface area (TPSA) is 66.5 Å². The fraction of sp³-hybridized carbons (Fsp3) is 0.316. The highest BCUT2D eigenvalue weighted by Crippen LogP contribution is 2.26. The smallest absolute Gasteiger partial charge is 0.243 e. The standard InChI is InChI=1S/C19H21FN2O3S/c1-14-8-10-16(11-9-14)26(24,25)22-12-4-7-18(22)19(23)21-13-15-5-2-3-6-17(15)20/h2-3,5-6,8-11,18H,4,7,12-13H2,1H3,(H,21,23)/t18-/m1/s1. The van der Waals surface area contributed by atoms with Crippen LogP contribution in [-0.2, 0) is 21.4 Å². The summed E-state index contributed by atoms with van der Waals surface area (Å²) in [5.74, 6) is -0.801. The van der Waals surface area contributed by atoms with Crippen molar-refractivity contribution in [2.75, 3.05) is 6.54 Å². The average molecular weight is 376 g/mol. The average Bonchev–Trinajstić information content (AvgIpc) is 3.12. The van der Waals surface area contributed by atoms with E-state index < -0.39 is 27.8 Å². The van der Waals surface area contributed by atoms with E-state index in [2.05, 4.69) is 5.32 Å². The zero-order valence-electron chi connectivity index (χ0n) is 14.5. The van der Waals surface area contributed by atoms with Gasteiger partial charge in [-0.05, 0) is 38.0 Å². The van der Waals surface area contributed by atoms with Gasteiger partial charge in [-0.25, -0.2) is 12.8 Å². The van der Waals surface area contributed by atoms with Crippen LogP contribution in [0.15, 0.2) is 53.4 Å². The maximum atomic E-state index is 13.7. The predicted octanol–water partition coefficient (Wildman–Crippen LogP) is 2.60. The molecule has 0 radical (unpaired) electrons. The number of benzene rings is 2. The first-order chi connectivity index (χ1) is 12.4.